The van der Waals surface area contributed by atoms with Crippen molar-refractivity contribution in [3.05, 3.63) is 42.0 Å². The number of rotatable bonds is 4. The molecule has 3 heteroatoms. The highest BCUT2D eigenvalue weighted by Crippen LogP contribution is 2.22. The van der Waals surface area contributed by atoms with Crippen molar-refractivity contribution in [3.8, 4) is 0 Å². The van der Waals surface area contributed by atoms with E-state index in [0.29, 0.717) is 6.54 Å². The van der Waals surface area contributed by atoms with Gasteiger partial charge in [0, 0.05) is 19.6 Å². The molecule has 1 aliphatic heterocycles. The molecule has 0 amide bonds. The number of aliphatic carboxylic acids is 1. The van der Waals surface area contributed by atoms with Gasteiger partial charge >= 0.3 is 5.97 Å². The molecule has 3 nitrogen and oxygen atoms in total. The average Bonchev–Trinajstić information content (AvgIpc) is 2.72. The Morgan fingerprint density at radius 1 is 1.39 bits per heavy atom. The molecule has 1 heterocycles. The Balaban J connectivity index is 1.85. The lowest BCUT2D eigenvalue weighted by Crippen LogP contribution is -2.23. The van der Waals surface area contributed by atoms with Crippen molar-refractivity contribution in [1.82, 2.24) is 4.90 Å². The molecule has 2 rings (SSSR count). The molecular weight excluding hydrogens is 226 g/mol. The molecule has 1 saturated heterocycles. The second kappa shape index (κ2) is 5.83. The fourth-order valence-electron chi connectivity index (χ4n) is 2.44. The van der Waals surface area contributed by atoms with Crippen LogP contribution in [0.5, 0.6) is 0 Å². The van der Waals surface area contributed by atoms with Crippen LogP contribution in [0.25, 0.3) is 6.08 Å². The van der Waals surface area contributed by atoms with Crippen molar-refractivity contribution in [2.45, 2.75) is 6.92 Å². The van der Waals surface area contributed by atoms with Crippen LogP contribution in [-0.2, 0) is 4.79 Å². The van der Waals surface area contributed by atoms with Crippen LogP contribution in [0.1, 0.15) is 12.5 Å². The normalized spacial score (nSPS) is 24.7. The summed E-state index contributed by atoms with van der Waals surface area (Å²) >= 11 is 0. The Hall–Kier alpha value is -1.61. The molecule has 1 aromatic carbocycles. The summed E-state index contributed by atoms with van der Waals surface area (Å²) in [7, 11) is 0. The van der Waals surface area contributed by atoms with Crippen LogP contribution in [0.2, 0.25) is 0 Å². The lowest BCUT2D eigenvalue weighted by Gasteiger charge is -2.11. The standard InChI is InChI=1S/C15H19NO2/c1-12-10-16(11-14(12)15(17)18)9-5-8-13-6-3-2-4-7-13/h2-8,12,14H,9-11H2,1H3,(H,17,18)/b8-5+/t12-,14-/m1/s1. The quantitative estimate of drug-likeness (QED) is 0.885. The Morgan fingerprint density at radius 2 is 2.11 bits per heavy atom. The maximum absolute atomic E-state index is 11.0. The first-order chi connectivity index (χ1) is 8.66. The molecule has 1 fully saturated rings. The predicted octanol–water partition coefficient (Wildman–Crippen LogP) is 2.35. The number of benzene rings is 1. The van der Waals surface area contributed by atoms with E-state index in [4.69, 9.17) is 5.11 Å². The zero-order valence-electron chi connectivity index (χ0n) is 10.6. The first-order valence-electron chi connectivity index (χ1n) is 6.33. The maximum Gasteiger partial charge on any atom is 0.308 e. The summed E-state index contributed by atoms with van der Waals surface area (Å²) in [5.74, 6) is -0.639. The van der Waals surface area contributed by atoms with E-state index in [-0.39, 0.29) is 11.8 Å². The number of carbonyl (C=O) groups is 1. The summed E-state index contributed by atoms with van der Waals surface area (Å²) in [6.07, 6.45) is 4.19. The summed E-state index contributed by atoms with van der Waals surface area (Å²) < 4.78 is 0. The van der Waals surface area contributed by atoms with Crippen LogP contribution in [-0.4, -0.2) is 35.6 Å². The van der Waals surface area contributed by atoms with Crippen LogP contribution < -0.4 is 0 Å². The number of carboxylic acids is 1. The molecule has 0 aliphatic carbocycles. The molecule has 2 atom stereocenters. The minimum Gasteiger partial charge on any atom is -0.481 e. The Morgan fingerprint density at radius 3 is 2.72 bits per heavy atom. The topological polar surface area (TPSA) is 40.5 Å². The van der Waals surface area contributed by atoms with Gasteiger partial charge in [0.2, 0.25) is 0 Å². The molecular formula is C15H19NO2. The SMILES string of the molecule is C[C@@H]1CN(C/C=C/c2ccccc2)C[C@H]1C(=O)O. The molecule has 1 aromatic rings. The highest BCUT2D eigenvalue weighted by Gasteiger charge is 2.33. The van der Waals surface area contributed by atoms with Crippen molar-refractivity contribution < 1.29 is 9.90 Å². The van der Waals surface area contributed by atoms with Gasteiger partial charge in [-0.15, -0.1) is 0 Å². The Labute approximate surface area is 108 Å². The van der Waals surface area contributed by atoms with Crippen LogP contribution in [0, 0.1) is 11.8 Å². The summed E-state index contributed by atoms with van der Waals surface area (Å²) in [6.45, 7) is 4.37. The van der Waals surface area contributed by atoms with Crippen LogP contribution in [0.15, 0.2) is 36.4 Å². The molecule has 1 aliphatic rings. The molecule has 1 N–H and O–H groups in total. The van der Waals surface area contributed by atoms with Crippen molar-refractivity contribution in [2.24, 2.45) is 11.8 Å². The molecule has 0 spiro atoms. The molecule has 0 saturated carbocycles. The van der Waals surface area contributed by atoms with Gasteiger partial charge in [-0.2, -0.15) is 0 Å². The fourth-order valence-corrected chi connectivity index (χ4v) is 2.44. The van der Waals surface area contributed by atoms with Gasteiger partial charge in [0.05, 0.1) is 5.92 Å². The largest absolute Gasteiger partial charge is 0.481 e. The smallest absolute Gasteiger partial charge is 0.308 e. The summed E-state index contributed by atoms with van der Waals surface area (Å²) in [6, 6.07) is 10.1. The van der Waals surface area contributed by atoms with Crippen molar-refractivity contribution in [1.29, 1.82) is 0 Å². The fraction of sp³-hybridized carbons (Fsp3) is 0.400. The van der Waals surface area contributed by atoms with Gasteiger partial charge in [-0.1, -0.05) is 49.4 Å². The lowest BCUT2D eigenvalue weighted by molar-refractivity contribution is -0.142. The van der Waals surface area contributed by atoms with Gasteiger partial charge in [-0.25, -0.2) is 0 Å². The summed E-state index contributed by atoms with van der Waals surface area (Å²) in [5.41, 5.74) is 1.18. The highest BCUT2D eigenvalue weighted by molar-refractivity contribution is 5.71. The van der Waals surface area contributed by atoms with E-state index in [1.165, 1.54) is 5.56 Å². The van der Waals surface area contributed by atoms with E-state index < -0.39 is 5.97 Å². The number of likely N-dealkylation sites (tertiary alicyclic amines) is 1. The van der Waals surface area contributed by atoms with E-state index >= 15 is 0 Å². The minimum atomic E-state index is -0.669. The van der Waals surface area contributed by atoms with Crippen molar-refractivity contribution in [2.75, 3.05) is 19.6 Å². The lowest BCUT2D eigenvalue weighted by atomic mass is 9.99. The van der Waals surface area contributed by atoms with E-state index in [1.54, 1.807) is 0 Å². The number of nitrogens with zero attached hydrogens (tertiary/aromatic N) is 1. The number of hydrogen-bond acceptors (Lipinski definition) is 2. The van der Waals surface area contributed by atoms with Crippen LogP contribution in [0.3, 0.4) is 0 Å². The first kappa shape index (κ1) is 12.8. The second-order valence-electron chi connectivity index (χ2n) is 4.95. The Kier molecular flexibility index (Phi) is 4.15. The number of hydrogen-bond donors (Lipinski definition) is 1. The third-order valence-corrected chi connectivity index (χ3v) is 3.48. The predicted molar refractivity (Wildman–Crippen MR) is 72.2 cm³/mol. The third-order valence-electron chi connectivity index (χ3n) is 3.48. The molecule has 0 radical (unpaired) electrons. The second-order valence-corrected chi connectivity index (χ2v) is 4.95. The zero-order chi connectivity index (χ0) is 13.0. The Bertz CT molecular complexity index is 427. The monoisotopic (exact) mass is 245 g/mol. The van der Waals surface area contributed by atoms with Gasteiger partial charge in [0.25, 0.3) is 0 Å². The van der Waals surface area contributed by atoms with Gasteiger partial charge in [0.15, 0.2) is 0 Å². The maximum atomic E-state index is 11.0. The summed E-state index contributed by atoms with van der Waals surface area (Å²) in [5, 5.41) is 9.06. The van der Waals surface area contributed by atoms with Gasteiger partial charge in [-0.05, 0) is 11.5 Å². The van der Waals surface area contributed by atoms with Crippen LogP contribution in [0.4, 0.5) is 0 Å². The molecule has 0 unspecified atom stereocenters. The molecule has 0 aromatic heterocycles. The molecule has 0 bridgehead atoms. The molecule has 18 heavy (non-hydrogen) atoms. The van der Waals surface area contributed by atoms with E-state index in [1.807, 2.05) is 25.1 Å². The van der Waals surface area contributed by atoms with Crippen LogP contribution >= 0.6 is 0 Å². The van der Waals surface area contributed by atoms with Gasteiger partial charge < -0.3 is 5.11 Å². The number of carboxylic acid groups (broad SMARTS) is 1. The summed E-state index contributed by atoms with van der Waals surface area (Å²) in [4.78, 5) is 13.2. The van der Waals surface area contributed by atoms with E-state index in [2.05, 4.69) is 29.2 Å². The first-order valence-corrected chi connectivity index (χ1v) is 6.33. The van der Waals surface area contributed by atoms with E-state index in [9.17, 15) is 4.79 Å². The molecule has 96 valence electrons. The van der Waals surface area contributed by atoms with Crippen molar-refractivity contribution in [3.63, 3.8) is 0 Å². The van der Waals surface area contributed by atoms with E-state index in [0.717, 1.165) is 13.1 Å². The van der Waals surface area contributed by atoms with Crippen molar-refractivity contribution >= 4 is 12.0 Å². The average molecular weight is 245 g/mol. The van der Waals surface area contributed by atoms with Gasteiger partial charge in [-0.3, -0.25) is 9.69 Å². The van der Waals surface area contributed by atoms with Gasteiger partial charge in [0.1, 0.15) is 0 Å². The minimum absolute atomic E-state index is 0.213. The third kappa shape index (κ3) is 3.20. The zero-order valence-corrected chi connectivity index (χ0v) is 10.6. The highest BCUT2D eigenvalue weighted by atomic mass is 16.4.